The molecule has 0 aliphatic rings. The highest BCUT2D eigenvalue weighted by Crippen LogP contribution is 2.11. The van der Waals surface area contributed by atoms with E-state index in [1.54, 1.807) is 12.2 Å². The van der Waals surface area contributed by atoms with E-state index < -0.39 is 6.67 Å². The van der Waals surface area contributed by atoms with Crippen molar-refractivity contribution in [3.63, 3.8) is 0 Å². The molecule has 0 aliphatic heterocycles. The molecule has 0 aromatic heterocycles. The van der Waals surface area contributed by atoms with E-state index in [0.29, 0.717) is 5.92 Å². The van der Waals surface area contributed by atoms with E-state index in [0.717, 1.165) is 12.0 Å². The molecular weight excluding hydrogens is 151 g/mol. The molecule has 0 radical (unpaired) electrons. The molecule has 66 valence electrons. The minimum Gasteiger partial charge on any atom is -0.247 e. The Morgan fingerprint density at radius 2 is 2.25 bits per heavy atom. The molecular formula is C11H15F. The summed E-state index contributed by atoms with van der Waals surface area (Å²) in [5.41, 5.74) is 1.02. The van der Waals surface area contributed by atoms with Crippen LogP contribution in [0.15, 0.2) is 23.8 Å². The molecule has 0 N–H and O–H groups in total. The van der Waals surface area contributed by atoms with Gasteiger partial charge in [0, 0.05) is 0 Å². The molecule has 0 saturated carbocycles. The van der Waals surface area contributed by atoms with Crippen molar-refractivity contribution in [1.29, 1.82) is 0 Å². The third-order valence-corrected chi connectivity index (χ3v) is 1.33. The molecule has 12 heavy (non-hydrogen) atoms. The van der Waals surface area contributed by atoms with Gasteiger partial charge >= 0.3 is 0 Å². The lowest BCUT2D eigenvalue weighted by molar-refractivity contribution is 0.561. The molecule has 0 rings (SSSR count). The van der Waals surface area contributed by atoms with Gasteiger partial charge in [-0.15, -0.1) is 6.42 Å². The van der Waals surface area contributed by atoms with Crippen LogP contribution in [0.2, 0.25) is 0 Å². The number of rotatable bonds is 4. The highest BCUT2D eigenvalue weighted by Gasteiger charge is 1.96. The fraction of sp³-hybridized carbons (Fsp3) is 0.455. The fourth-order valence-electron chi connectivity index (χ4n) is 0.949. The van der Waals surface area contributed by atoms with E-state index in [-0.39, 0.29) is 0 Å². The molecule has 0 aromatic carbocycles. The second kappa shape index (κ2) is 6.67. The predicted octanol–water partition coefficient (Wildman–Crippen LogP) is 3.12. The van der Waals surface area contributed by atoms with Crippen LogP contribution in [0.1, 0.15) is 20.3 Å². The number of alkyl halides is 1. The Balaban J connectivity index is 4.17. The van der Waals surface area contributed by atoms with Gasteiger partial charge in [0.05, 0.1) is 0 Å². The zero-order valence-corrected chi connectivity index (χ0v) is 7.68. The first kappa shape index (κ1) is 11.0. The first-order valence-electron chi connectivity index (χ1n) is 4.08. The first-order chi connectivity index (χ1) is 5.70. The predicted molar refractivity (Wildman–Crippen MR) is 51.5 cm³/mol. The molecule has 0 unspecified atom stereocenters. The van der Waals surface area contributed by atoms with E-state index in [1.165, 1.54) is 6.08 Å². The maximum Gasteiger partial charge on any atom is 0.108 e. The normalized spacial score (nSPS) is 12.4. The Labute approximate surface area is 74.2 Å². The van der Waals surface area contributed by atoms with Gasteiger partial charge in [-0.1, -0.05) is 31.9 Å². The molecule has 0 saturated heterocycles. The van der Waals surface area contributed by atoms with E-state index >= 15 is 0 Å². The average Bonchev–Trinajstić information content (AvgIpc) is 2.00. The number of halogens is 1. The summed E-state index contributed by atoms with van der Waals surface area (Å²) in [5, 5.41) is 0. The highest BCUT2D eigenvalue weighted by molar-refractivity contribution is 5.27. The molecule has 0 aromatic rings. The number of hydrogen-bond donors (Lipinski definition) is 0. The average molecular weight is 166 g/mol. The molecule has 1 heteroatoms. The molecule has 0 aliphatic carbocycles. The van der Waals surface area contributed by atoms with Gasteiger partial charge in [0.25, 0.3) is 0 Å². The van der Waals surface area contributed by atoms with Crippen LogP contribution < -0.4 is 0 Å². The quantitative estimate of drug-likeness (QED) is 0.444. The summed E-state index contributed by atoms with van der Waals surface area (Å²) in [7, 11) is 0. The van der Waals surface area contributed by atoms with E-state index in [4.69, 9.17) is 6.42 Å². The van der Waals surface area contributed by atoms with Gasteiger partial charge in [0.2, 0.25) is 0 Å². The van der Waals surface area contributed by atoms with Crippen LogP contribution >= 0.6 is 0 Å². The summed E-state index contributed by atoms with van der Waals surface area (Å²) >= 11 is 0. The summed E-state index contributed by atoms with van der Waals surface area (Å²) in [6.07, 6.45) is 10.9. The minimum absolute atomic E-state index is 0.431. The van der Waals surface area contributed by atoms with Crippen molar-refractivity contribution in [2.24, 2.45) is 5.92 Å². The molecule has 0 amide bonds. The van der Waals surface area contributed by atoms with Crippen molar-refractivity contribution in [1.82, 2.24) is 0 Å². The van der Waals surface area contributed by atoms with E-state index in [9.17, 15) is 4.39 Å². The Morgan fingerprint density at radius 3 is 2.67 bits per heavy atom. The van der Waals surface area contributed by atoms with Crippen molar-refractivity contribution in [2.75, 3.05) is 6.67 Å². The van der Waals surface area contributed by atoms with Crippen molar-refractivity contribution >= 4 is 0 Å². The van der Waals surface area contributed by atoms with Crippen LogP contribution in [0.4, 0.5) is 4.39 Å². The van der Waals surface area contributed by atoms with Crippen molar-refractivity contribution in [3.05, 3.63) is 23.8 Å². The first-order valence-corrected chi connectivity index (χ1v) is 4.08. The summed E-state index contributed by atoms with van der Waals surface area (Å²) < 4.78 is 11.8. The van der Waals surface area contributed by atoms with Crippen LogP contribution in [-0.4, -0.2) is 6.67 Å². The number of hydrogen-bond acceptors (Lipinski definition) is 0. The standard InChI is InChI=1S/C11H15F/c1-4-6-11(7-5-8-12)9-10(2)3/h1,5-7,10H,8-9H2,2-3H3/b7-5-,11-6+. The third-order valence-electron chi connectivity index (χ3n) is 1.33. The van der Waals surface area contributed by atoms with Gasteiger partial charge in [-0.3, -0.25) is 0 Å². The van der Waals surface area contributed by atoms with Gasteiger partial charge in [-0.2, -0.15) is 0 Å². The molecule has 0 nitrogen and oxygen atoms in total. The van der Waals surface area contributed by atoms with Crippen LogP contribution in [0, 0.1) is 18.3 Å². The topological polar surface area (TPSA) is 0 Å². The van der Waals surface area contributed by atoms with Crippen LogP contribution in [0.5, 0.6) is 0 Å². The van der Waals surface area contributed by atoms with Crippen LogP contribution in [-0.2, 0) is 0 Å². The molecule has 0 spiro atoms. The Morgan fingerprint density at radius 1 is 1.58 bits per heavy atom. The lowest BCUT2D eigenvalue weighted by Crippen LogP contribution is -1.88. The van der Waals surface area contributed by atoms with Crippen molar-refractivity contribution in [2.45, 2.75) is 20.3 Å². The maximum absolute atomic E-state index is 11.8. The summed E-state index contributed by atoms with van der Waals surface area (Å²) in [6, 6.07) is 0. The van der Waals surface area contributed by atoms with Crippen molar-refractivity contribution in [3.8, 4) is 12.3 Å². The lowest BCUT2D eigenvalue weighted by atomic mass is 10.0. The Kier molecular flexibility index (Phi) is 6.09. The van der Waals surface area contributed by atoms with Crippen molar-refractivity contribution < 1.29 is 4.39 Å². The fourth-order valence-corrected chi connectivity index (χ4v) is 0.949. The van der Waals surface area contributed by atoms with E-state index in [1.807, 2.05) is 0 Å². The van der Waals surface area contributed by atoms with Gasteiger partial charge in [-0.05, 0) is 24.0 Å². The Bertz CT molecular complexity index is 204. The smallest absolute Gasteiger partial charge is 0.108 e. The molecule has 0 fully saturated rings. The zero-order valence-electron chi connectivity index (χ0n) is 7.68. The number of allylic oxidation sites excluding steroid dienone is 4. The number of terminal acetylenes is 1. The second-order valence-electron chi connectivity index (χ2n) is 3.04. The van der Waals surface area contributed by atoms with Gasteiger partial charge in [0.1, 0.15) is 6.67 Å². The summed E-state index contributed by atoms with van der Waals surface area (Å²) in [4.78, 5) is 0. The van der Waals surface area contributed by atoms with Gasteiger partial charge in [-0.25, -0.2) is 4.39 Å². The lowest BCUT2D eigenvalue weighted by Gasteiger charge is -2.03. The Hall–Kier alpha value is -1.03. The van der Waals surface area contributed by atoms with Crippen LogP contribution in [0.3, 0.4) is 0 Å². The van der Waals surface area contributed by atoms with Crippen LogP contribution in [0.25, 0.3) is 0 Å². The third kappa shape index (κ3) is 5.73. The maximum atomic E-state index is 11.8. The van der Waals surface area contributed by atoms with Gasteiger partial charge < -0.3 is 0 Å². The molecule has 0 bridgehead atoms. The molecule has 0 heterocycles. The molecule has 0 atom stereocenters. The minimum atomic E-state index is -0.431. The van der Waals surface area contributed by atoms with E-state index in [2.05, 4.69) is 19.8 Å². The highest BCUT2D eigenvalue weighted by atomic mass is 19.1. The summed E-state index contributed by atoms with van der Waals surface area (Å²) in [5.74, 6) is 3.00. The largest absolute Gasteiger partial charge is 0.247 e. The zero-order chi connectivity index (χ0) is 9.40. The SMILES string of the molecule is C#C/C=C(\C=C/CF)CC(C)C. The monoisotopic (exact) mass is 166 g/mol. The van der Waals surface area contributed by atoms with Gasteiger partial charge in [0.15, 0.2) is 0 Å². The second-order valence-corrected chi connectivity index (χ2v) is 3.04. The summed E-state index contributed by atoms with van der Waals surface area (Å²) in [6.45, 7) is 3.78.